The minimum absolute atomic E-state index is 0.0621. The Bertz CT molecular complexity index is 3050. The van der Waals surface area contributed by atoms with Crippen LogP contribution in [0, 0.1) is 0 Å². The van der Waals surface area contributed by atoms with Gasteiger partial charge in [0.1, 0.15) is 0 Å². The first-order valence-electron chi connectivity index (χ1n) is 19.7. The first-order chi connectivity index (χ1) is 27.3. The largest absolute Gasteiger partial charge is 0.310 e. The van der Waals surface area contributed by atoms with Gasteiger partial charge in [-0.3, -0.25) is 0 Å². The summed E-state index contributed by atoms with van der Waals surface area (Å²) in [5.74, 6) is 0. The number of rotatable bonds is 5. The summed E-state index contributed by atoms with van der Waals surface area (Å²) in [5.41, 5.74) is 19.1. The van der Waals surface area contributed by atoms with Gasteiger partial charge < -0.3 is 4.90 Å². The Morgan fingerprint density at radius 3 is 1.59 bits per heavy atom. The van der Waals surface area contributed by atoms with Crippen molar-refractivity contribution in [2.75, 3.05) is 4.90 Å². The average Bonchev–Trinajstić information content (AvgIpc) is 3.82. The molecule has 0 unspecified atom stereocenters. The number of hydrogen-bond acceptors (Lipinski definition) is 2. The number of nitrogens with zero attached hydrogens (tertiary/aromatic N) is 1. The molecule has 0 saturated heterocycles. The summed E-state index contributed by atoms with van der Waals surface area (Å²) < 4.78 is 2.64. The molecule has 11 rings (SSSR count). The SMILES string of the molecule is CC1(C)c2ccccc2-c2c(-c3cccc(N(c4cccc(-c5cccc6sc7ccccc7c56)c4)c4cccc5c4-c4ccccc4C5(C)C)c3)cccc21. The minimum atomic E-state index is -0.113. The van der Waals surface area contributed by atoms with Gasteiger partial charge >= 0.3 is 0 Å². The smallest absolute Gasteiger partial charge is 0.0543 e. The van der Waals surface area contributed by atoms with Gasteiger partial charge in [-0.25, -0.2) is 0 Å². The van der Waals surface area contributed by atoms with Crippen LogP contribution in [0.3, 0.4) is 0 Å². The van der Waals surface area contributed by atoms with Gasteiger partial charge in [-0.1, -0.05) is 161 Å². The van der Waals surface area contributed by atoms with E-state index in [4.69, 9.17) is 0 Å². The lowest BCUT2D eigenvalue weighted by Crippen LogP contribution is -2.16. The molecule has 0 atom stereocenters. The second kappa shape index (κ2) is 12.1. The Morgan fingerprint density at radius 1 is 0.393 bits per heavy atom. The summed E-state index contributed by atoms with van der Waals surface area (Å²) in [6.07, 6.45) is 0. The van der Waals surface area contributed by atoms with E-state index in [0.29, 0.717) is 0 Å². The van der Waals surface area contributed by atoms with E-state index < -0.39 is 0 Å². The maximum atomic E-state index is 2.51. The maximum absolute atomic E-state index is 2.51. The Hall–Kier alpha value is -6.22. The third-order valence-corrected chi connectivity index (χ3v) is 13.8. The molecule has 2 heteroatoms. The molecule has 0 amide bonds. The van der Waals surface area contributed by atoms with Crippen LogP contribution in [-0.4, -0.2) is 0 Å². The summed E-state index contributed by atoms with van der Waals surface area (Å²) in [5, 5.41) is 2.65. The zero-order valence-electron chi connectivity index (χ0n) is 32.1. The topological polar surface area (TPSA) is 3.24 Å². The molecule has 9 aromatic rings. The first kappa shape index (κ1) is 33.1. The summed E-state index contributed by atoms with van der Waals surface area (Å²) in [7, 11) is 0. The van der Waals surface area contributed by atoms with Gasteiger partial charge in [-0.2, -0.15) is 0 Å². The predicted molar refractivity (Wildman–Crippen MR) is 240 cm³/mol. The first-order valence-corrected chi connectivity index (χ1v) is 20.5. The summed E-state index contributed by atoms with van der Waals surface area (Å²) >= 11 is 1.87. The Kier molecular flexibility index (Phi) is 7.18. The highest BCUT2D eigenvalue weighted by Gasteiger charge is 2.39. The van der Waals surface area contributed by atoms with Crippen LogP contribution in [0.4, 0.5) is 17.1 Å². The van der Waals surface area contributed by atoms with Crippen LogP contribution >= 0.6 is 11.3 Å². The van der Waals surface area contributed by atoms with Crippen LogP contribution < -0.4 is 4.90 Å². The van der Waals surface area contributed by atoms with Gasteiger partial charge in [0.2, 0.25) is 0 Å². The molecule has 0 radical (unpaired) electrons. The molecular formula is C54H41NS. The van der Waals surface area contributed by atoms with E-state index in [2.05, 4.69) is 209 Å². The number of anilines is 3. The fourth-order valence-electron chi connectivity index (χ4n) is 9.98. The van der Waals surface area contributed by atoms with Crippen molar-refractivity contribution in [1.29, 1.82) is 0 Å². The van der Waals surface area contributed by atoms with Gasteiger partial charge in [0.15, 0.2) is 0 Å². The summed E-state index contributed by atoms with van der Waals surface area (Å²) in [6.45, 7) is 9.46. The standard InChI is InChI=1S/C54H41NS/c1-53(2)43-25-8-5-20-40(43)50-38(23-13-27-45(50)53)34-16-11-18-36(32-34)55(47-29-15-28-46-52(47)41-21-6-9-26-44(41)54(46,3)4)37-19-12-17-35(33-37)39-24-14-31-49-51(39)42-22-7-10-30-48(42)56-49/h5-33H,1-4H3. The molecule has 56 heavy (non-hydrogen) atoms. The van der Waals surface area contributed by atoms with Gasteiger partial charge in [0.05, 0.1) is 5.69 Å². The molecule has 2 aliphatic rings. The Balaban J connectivity index is 1.15. The van der Waals surface area contributed by atoms with Crippen LogP contribution in [0.25, 0.3) is 64.7 Å². The molecule has 0 bridgehead atoms. The van der Waals surface area contributed by atoms with Crippen LogP contribution in [0.15, 0.2) is 176 Å². The van der Waals surface area contributed by atoms with E-state index in [1.807, 2.05) is 11.3 Å². The van der Waals surface area contributed by atoms with Crippen molar-refractivity contribution in [3.63, 3.8) is 0 Å². The lowest BCUT2D eigenvalue weighted by atomic mass is 9.82. The molecule has 2 aliphatic carbocycles. The fraction of sp³-hybridized carbons (Fsp3) is 0.111. The predicted octanol–water partition coefficient (Wildman–Crippen LogP) is 15.5. The van der Waals surface area contributed by atoms with E-state index in [-0.39, 0.29) is 10.8 Å². The molecule has 0 aliphatic heterocycles. The third kappa shape index (κ3) is 4.72. The molecule has 0 N–H and O–H groups in total. The van der Waals surface area contributed by atoms with E-state index in [9.17, 15) is 0 Å². The zero-order valence-corrected chi connectivity index (χ0v) is 32.9. The molecule has 0 saturated carbocycles. The van der Waals surface area contributed by atoms with Crippen LogP contribution in [-0.2, 0) is 10.8 Å². The Labute approximate surface area is 333 Å². The molecule has 1 nitrogen and oxygen atoms in total. The fourth-order valence-corrected chi connectivity index (χ4v) is 11.1. The van der Waals surface area contributed by atoms with Gasteiger partial charge in [0.25, 0.3) is 0 Å². The summed E-state index contributed by atoms with van der Waals surface area (Å²) in [4.78, 5) is 2.51. The highest BCUT2D eigenvalue weighted by molar-refractivity contribution is 7.25. The Morgan fingerprint density at radius 2 is 0.875 bits per heavy atom. The molecule has 1 heterocycles. The lowest BCUT2D eigenvalue weighted by molar-refractivity contribution is 0.660. The van der Waals surface area contributed by atoms with Gasteiger partial charge in [-0.15, -0.1) is 11.3 Å². The van der Waals surface area contributed by atoms with Crippen LogP contribution in [0.5, 0.6) is 0 Å². The van der Waals surface area contributed by atoms with E-state index in [1.54, 1.807) is 0 Å². The highest BCUT2D eigenvalue weighted by Crippen LogP contribution is 2.56. The molecule has 0 spiro atoms. The molecule has 8 aromatic carbocycles. The van der Waals surface area contributed by atoms with Crippen molar-refractivity contribution >= 4 is 48.6 Å². The van der Waals surface area contributed by atoms with Crippen LogP contribution in [0.2, 0.25) is 0 Å². The maximum Gasteiger partial charge on any atom is 0.0543 e. The van der Waals surface area contributed by atoms with Crippen molar-refractivity contribution in [3.8, 4) is 44.5 Å². The lowest BCUT2D eigenvalue weighted by Gasteiger charge is -2.29. The van der Waals surface area contributed by atoms with Crippen molar-refractivity contribution in [3.05, 3.63) is 198 Å². The van der Waals surface area contributed by atoms with Crippen molar-refractivity contribution in [1.82, 2.24) is 0 Å². The number of hydrogen-bond donors (Lipinski definition) is 0. The monoisotopic (exact) mass is 735 g/mol. The highest BCUT2D eigenvalue weighted by atomic mass is 32.1. The number of benzene rings is 8. The third-order valence-electron chi connectivity index (χ3n) is 12.7. The van der Waals surface area contributed by atoms with Crippen molar-refractivity contribution in [2.45, 2.75) is 38.5 Å². The van der Waals surface area contributed by atoms with E-state index in [0.717, 1.165) is 11.4 Å². The van der Waals surface area contributed by atoms with Crippen molar-refractivity contribution < 1.29 is 0 Å². The second-order valence-electron chi connectivity index (χ2n) is 16.5. The van der Waals surface area contributed by atoms with Gasteiger partial charge in [0, 0.05) is 47.9 Å². The minimum Gasteiger partial charge on any atom is -0.310 e. The average molecular weight is 736 g/mol. The zero-order chi connectivity index (χ0) is 37.8. The molecule has 1 aromatic heterocycles. The second-order valence-corrected chi connectivity index (χ2v) is 17.6. The quantitative estimate of drug-likeness (QED) is 0.170. The normalized spacial score (nSPS) is 14.4. The molecule has 0 fully saturated rings. The molecular weight excluding hydrogens is 695 g/mol. The van der Waals surface area contributed by atoms with Crippen molar-refractivity contribution in [2.24, 2.45) is 0 Å². The van der Waals surface area contributed by atoms with Gasteiger partial charge in [-0.05, 0) is 104 Å². The van der Waals surface area contributed by atoms with Crippen LogP contribution in [0.1, 0.15) is 49.9 Å². The van der Waals surface area contributed by atoms with E-state index >= 15 is 0 Å². The number of thiophene rings is 1. The summed E-state index contributed by atoms with van der Waals surface area (Å²) in [6, 6.07) is 65.8. The number of fused-ring (bicyclic) bond motifs is 9. The molecule has 268 valence electrons. The van der Waals surface area contributed by atoms with E-state index in [1.165, 1.54) is 92.6 Å².